The molecule has 3 aromatic heterocycles. The molecule has 0 aliphatic carbocycles. The van der Waals surface area contributed by atoms with Crippen LogP contribution in [0, 0.1) is 5.82 Å². The molecule has 3 heterocycles. The SMILES string of the molecule is O=S(=O)(CCF)Nc1ccc(Cl)c(Nc2ncccc2-c2ncnc3nc[nH]c23)c1F. The van der Waals surface area contributed by atoms with E-state index in [2.05, 4.69) is 30.2 Å². The molecule has 0 unspecified atom stereocenters. The number of alkyl halides is 1. The zero-order valence-corrected chi connectivity index (χ0v) is 17.2. The lowest BCUT2D eigenvalue weighted by atomic mass is 10.1. The lowest BCUT2D eigenvalue weighted by molar-refractivity contribution is 0.518. The lowest BCUT2D eigenvalue weighted by Crippen LogP contribution is -2.18. The van der Waals surface area contributed by atoms with E-state index >= 15 is 4.39 Å². The van der Waals surface area contributed by atoms with Gasteiger partial charge in [-0.25, -0.2) is 37.1 Å². The Kier molecular flexibility index (Phi) is 5.65. The third kappa shape index (κ3) is 4.25. The number of anilines is 3. The van der Waals surface area contributed by atoms with E-state index < -0.39 is 28.3 Å². The van der Waals surface area contributed by atoms with Gasteiger partial charge in [0.05, 0.1) is 28.5 Å². The average Bonchev–Trinajstić information content (AvgIpc) is 3.22. The topological polar surface area (TPSA) is 126 Å². The van der Waals surface area contributed by atoms with Crippen molar-refractivity contribution in [2.24, 2.45) is 0 Å². The Labute approximate surface area is 180 Å². The van der Waals surface area contributed by atoms with Crippen molar-refractivity contribution < 1.29 is 17.2 Å². The van der Waals surface area contributed by atoms with Gasteiger partial charge in [-0.3, -0.25) is 4.72 Å². The van der Waals surface area contributed by atoms with Crippen LogP contribution in [-0.2, 0) is 10.0 Å². The van der Waals surface area contributed by atoms with Crippen molar-refractivity contribution in [1.29, 1.82) is 0 Å². The minimum Gasteiger partial charge on any atom is -0.341 e. The largest absolute Gasteiger partial charge is 0.341 e. The van der Waals surface area contributed by atoms with Crippen LogP contribution < -0.4 is 10.0 Å². The number of nitrogens with one attached hydrogen (secondary N) is 3. The molecule has 160 valence electrons. The van der Waals surface area contributed by atoms with E-state index in [-0.39, 0.29) is 22.2 Å². The summed E-state index contributed by atoms with van der Waals surface area (Å²) in [5, 5.41) is 2.78. The van der Waals surface area contributed by atoms with Crippen molar-refractivity contribution in [2.75, 3.05) is 22.5 Å². The van der Waals surface area contributed by atoms with Gasteiger partial charge in [-0.1, -0.05) is 11.6 Å². The van der Waals surface area contributed by atoms with Gasteiger partial charge in [-0.2, -0.15) is 0 Å². The van der Waals surface area contributed by atoms with Gasteiger partial charge >= 0.3 is 0 Å². The summed E-state index contributed by atoms with van der Waals surface area (Å²) in [6.07, 6.45) is 4.29. The molecule has 0 aliphatic heterocycles. The molecule has 0 saturated carbocycles. The summed E-state index contributed by atoms with van der Waals surface area (Å²) >= 11 is 6.15. The summed E-state index contributed by atoms with van der Waals surface area (Å²) < 4.78 is 53.2. The summed E-state index contributed by atoms with van der Waals surface area (Å²) in [6, 6.07) is 5.83. The number of aromatic amines is 1. The second kappa shape index (κ2) is 8.40. The second-order valence-corrected chi connectivity index (χ2v) is 8.49. The molecule has 1 aromatic carbocycles. The number of hydrogen-bond acceptors (Lipinski definition) is 7. The van der Waals surface area contributed by atoms with Crippen LogP contribution in [-0.4, -0.2) is 45.8 Å². The minimum absolute atomic E-state index is 0.0167. The molecule has 0 fully saturated rings. The van der Waals surface area contributed by atoms with Gasteiger partial charge in [0.1, 0.15) is 30.0 Å². The lowest BCUT2D eigenvalue weighted by Gasteiger charge is -2.15. The number of hydrogen-bond donors (Lipinski definition) is 3. The summed E-state index contributed by atoms with van der Waals surface area (Å²) in [5.41, 5.74) is 1.37. The maximum absolute atomic E-state index is 15.1. The van der Waals surface area contributed by atoms with E-state index in [4.69, 9.17) is 11.6 Å². The molecule has 13 heteroatoms. The van der Waals surface area contributed by atoms with E-state index in [0.29, 0.717) is 22.4 Å². The van der Waals surface area contributed by atoms with Crippen LogP contribution in [0.4, 0.5) is 26.0 Å². The molecule has 4 rings (SSSR count). The van der Waals surface area contributed by atoms with Crippen molar-refractivity contribution in [3.05, 3.63) is 54.0 Å². The van der Waals surface area contributed by atoms with Crippen LogP contribution in [0.3, 0.4) is 0 Å². The quantitative estimate of drug-likeness (QED) is 0.380. The Bertz CT molecular complexity index is 1360. The van der Waals surface area contributed by atoms with Gasteiger partial charge in [0.15, 0.2) is 11.5 Å². The van der Waals surface area contributed by atoms with E-state index in [1.54, 1.807) is 12.1 Å². The number of halogens is 3. The molecule has 9 nitrogen and oxygen atoms in total. The van der Waals surface area contributed by atoms with Gasteiger partial charge in [0.2, 0.25) is 10.0 Å². The number of benzene rings is 1. The number of imidazole rings is 1. The van der Waals surface area contributed by atoms with Gasteiger partial charge in [0, 0.05) is 11.8 Å². The molecule has 4 aromatic rings. The van der Waals surface area contributed by atoms with Crippen LogP contribution in [0.25, 0.3) is 22.4 Å². The van der Waals surface area contributed by atoms with Crippen LogP contribution in [0.1, 0.15) is 0 Å². The highest BCUT2D eigenvalue weighted by molar-refractivity contribution is 7.92. The van der Waals surface area contributed by atoms with Gasteiger partial charge in [0.25, 0.3) is 0 Å². The first-order valence-corrected chi connectivity index (χ1v) is 10.8. The predicted octanol–water partition coefficient (Wildman–Crippen LogP) is 3.66. The zero-order chi connectivity index (χ0) is 22.0. The number of aromatic nitrogens is 5. The summed E-state index contributed by atoms with van der Waals surface area (Å²) in [7, 11) is -4.06. The van der Waals surface area contributed by atoms with Crippen LogP contribution in [0.5, 0.6) is 0 Å². The number of H-pyrrole nitrogens is 1. The fourth-order valence-corrected chi connectivity index (χ4v) is 3.84. The van der Waals surface area contributed by atoms with Crippen molar-refractivity contribution >= 4 is 50.0 Å². The first-order chi connectivity index (χ1) is 14.9. The second-order valence-electron chi connectivity index (χ2n) is 6.24. The molecule has 0 radical (unpaired) electrons. The van der Waals surface area contributed by atoms with Gasteiger partial charge < -0.3 is 10.3 Å². The van der Waals surface area contributed by atoms with Crippen LogP contribution in [0.2, 0.25) is 5.02 Å². The standard InChI is InChI=1S/C18H14ClF2N7O2S/c19-11-3-4-12(28-31(29,30)7-5-20)13(21)15(11)27-17-10(2-1-6-22-17)14-16-18(25-8-23-14)26-9-24-16/h1-4,6,8-9,28H,5,7H2,(H,22,27)(H,23,24,25,26). The third-order valence-corrected chi connectivity index (χ3v) is 5.77. The van der Waals surface area contributed by atoms with E-state index in [1.807, 2.05) is 4.72 Å². The number of rotatable bonds is 7. The number of sulfonamides is 1. The summed E-state index contributed by atoms with van der Waals surface area (Å²) in [5.74, 6) is -1.56. The fraction of sp³-hybridized carbons (Fsp3) is 0.111. The Morgan fingerprint density at radius 3 is 2.77 bits per heavy atom. The molecule has 31 heavy (non-hydrogen) atoms. The molecule has 0 amide bonds. The molecular formula is C18H14ClF2N7O2S. The van der Waals surface area contributed by atoms with Crippen molar-refractivity contribution in [2.45, 2.75) is 0 Å². The first kappa shape index (κ1) is 20.9. The number of nitrogens with zero attached hydrogens (tertiary/aromatic N) is 4. The Morgan fingerprint density at radius 2 is 1.97 bits per heavy atom. The molecule has 0 aliphatic rings. The van der Waals surface area contributed by atoms with Crippen molar-refractivity contribution in [3.8, 4) is 11.3 Å². The third-order valence-electron chi connectivity index (χ3n) is 4.23. The normalized spacial score (nSPS) is 11.6. The maximum atomic E-state index is 15.1. The molecule has 0 saturated heterocycles. The smallest absolute Gasteiger partial charge is 0.235 e. The first-order valence-electron chi connectivity index (χ1n) is 8.80. The highest BCUT2D eigenvalue weighted by atomic mass is 35.5. The summed E-state index contributed by atoms with van der Waals surface area (Å²) in [6.45, 7) is -1.10. The van der Waals surface area contributed by atoms with E-state index in [1.165, 1.54) is 24.9 Å². The maximum Gasteiger partial charge on any atom is 0.235 e. The van der Waals surface area contributed by atoms with E-state index in [9.17, 15) is 12.8 Å². The van der Waals surface area contributed by atoms with Gasteiger partial charge in [-0.15, -0.1) is 0 Å². The molecule has 0 spiro atoms. The van der Waals surface area contributed by atoms with E-state index in [0.717, 1.165) is 6.07 Å². The van der Waals surface area contributed by atoms with Gasteiger partial charge in [-0.05, 0) is 24.3 Å². The molecular weight excluding hydrogens is 452 g/mol. The Balaban J connectivity index is 1.76. The number of fused-ring (bicyclic) bond motifs is 1. The van der Waals surface area contributed by atoms with Crippen molar-refractivity contribution in [1.82, 2.24) is 24.9 Å². The van der Waals surface area contributed by atoms with Crippen molar-refractivity contribution in [3.63, 3.8) is 0 Å². The highest BCUT2D eigenvalue weighted by Gasteiger charge is 2.20. The summed E-state index contributed by atoms with van der Waals surface area (Å²) in [4.78, 5) is 19.6. The Hall–Kier alpha value is -3.38. The van der Waals surface area contributed by atoms with Crippen LogP contribution >= 0.6 is 11.6 Å². The predicted molar refractivity (Wildman–Crippen MR) is 113 cm³/mol. The molecule has 0 bridgehead atoms. The highest BCUT2D eigenvalue weighted by Crippen LogP contribution is 2.36. The Morgan fingerprint density at radius 1 is 1.13 bits per heavy atom. The monoisotopic (exact) mass is 465 g/mol. The fourth-order valence-electron chi connectivity index (χ4n) is 2.85. The van der Waals surface area contributed by atoms with Crippen LogP contribution in [0.15, 0.2) is 43.1 Å². The molecule has 3 N–H and O–H groups in total. The average molecular weight is 466 g/mol. The zero-order valence-electron chi connectivity index (χ0n) is 15.6. The molecule has 0 atom stereocenters. The number of pyridine rings is 1. The minimum atomic E-state index is -4.06.